The van der Waals surface area contributed by atoms with Crippen molar-refractivity contribution in [3.05, 3.63) is 28.6 Å². The van der Waals surface area contributed by atoms with Gasteiger partial charge in [-0.05, 0) is 13.0 Å². The Morgan fingerprint density at radius 2 is 2.31 bits per heavy atom. The Morgan fingerprint density at radius 1 is 1.69 bits per heavy atom. The maximum absolute atomic E-state index is 12.6. The zero-order valence-corrected chi connectivity index (χ0v) is 8.37. The summed E-state index contributed by atoms with van der Waals surface area (Å²) < 4.78 is 25.2. The Hall–Kier alpha value is -2.03. The summed E-state index contributed by atoms with van der Waals surface area (Å²) >= 11 is 0. The van der Waals surface area contributed by atoms with Gasteiger partial charge in [-0.25, -0.2) is 8.78 Å². The van der Waals surface area contributed by atoms with Crippen LogP contribution in [0.4, 0.5) is 8.78 Å². The van der Waals surface area contributed by atoms with Gasteiger partial charge in [0.15, 0.2) is 0 Å². The molecule has 1 rings (SSSR count). The summed E-state index contributed by atoms with van der Waals surface area (Å²) in [4.78, 5) is 14.1. The van der Waals surface area contributed by atoms with Gasteiger partial charge in [-0.3, -0.25) is 9.78 Å². The van der Waals surface area contributed by atoms with Crippen molar-refractivity contribution in [1.29, 1.82) is 5.26 Å². The minimum Gasteiger partial charge on any atom is -0.481 e. The second kappa shape index (κ2) is 4.66. The van der Waals surface area contributed by atoms with Crippen LogP contribution < -0.4 is 0 Å². The normalized spacial score (nSPS) is 10.2. The van der Waals surface area contributed by atoms with Crippen molar-refractivity contribution in [2.45, 2.75) is 19.8 Å². The Labute approximate surface area is 90.2 Å². The van der Waals surface area contributed by atoms with Crippen molar-refractivity contribution in [1.82, 2.24) is 4.98 Å². The first kappa shape index (κ1) is 12.0. The molecule has 0 saturated heterocycles. The van der Waals surface area contributed by atoms with Gasteiger partial charge in [0.05, 0.1) is 18.1 Å². The third-order valence-electron chi connectivity index (χ3n) is 1.94. The molecule has 0 unspecified atom stereocenters. The third-order valence-corrected chi connectivity index (χ3v) is 1.94. The molecule has 0 fully saturated rings. The number of aryl methyl sites for hydroxylation is 1. The fourth-order valence-corrected chi connectivity index (χ4v) is 1.34. The van der Waals surface area contributed by atoms with Crippen LogP contribution in [0.3, 0.4) is 0 Å². The molecular formula is C10H8F2N2O2. The van der Waals surface area contributed by atoms with E-state index in [4.69, 9.17) is 10.4 Å². The Balaban J connectivity index is 3.40. The highest BCUT2D eigenvalue weighted by Gasteiger charge is 2.20. The zero-order valence-electron chi connectivity index (χ0n) is 8.37. The third kappa shape index (κ3) is 2.51. The predicted octanol–water partition coefficient (Wildman–Crippen LogP) is 1.83. The summed E-state index contributed by atoms with van der Waals surface area (Å²) in [6, 6.07) is 3.00. The fourth-order valence-electron chi connectivity index (χ4n) is 1.34. The van der Waals surface area contributed by atoms with E-state index < -0.39 is 24.5 Å². The molecule has 0 radical (unpaired) electrons. The van der Waals surface area contributed by atoms with E-state index in [9.17, 15) is 13.6 Å². The lowest BCUT2D eigenvalue weighted by Gasteiger charge is -2.09. The van der Waals surface area contributed by atoms with Crippen molar-refractivity contribution < 1.29 is 18.7 Å². The first-order valence-corrected chi connectivity index (χ1v) is 4.36. The van der Waals surface area contributed by atoms with E-state index in [2.05, 4.69) is 4.98 Å². The first-order valence-electron chi connectivity index (χ1n) is 4.36. The Morgan fingerprint density at radius 3 is 2.75 bits per heavy atom. The number of alkyl halides is 2. The van der Waals surface area contributed by atoms with Crippen molar-refractivity contribution >= 4 is 5.97 Å². The quantitative estimate of drug-likeness (QED) is 0.853. The molecule has 0 spiro atoms. The van der Waals surface area contributed by atoms with Gasteiger partial charge in [-0.1, -0.05) is 0 Å². The summed E-state index contributed by atoms with van der Waals surface area (Å²) in [5, 5.41) is 17.3. The lowest BCUT2D eigenvalue weighted by Crippen LogP contribution is -2.09. The van der Waals surface area contributed by atoms with Crippen LogP contribution in [0.25, 0.3) is 0 Å². The van der Waals surface area contributed by atoms with Gasteiger partial charge < -0.3 is 5.11 Å². The lowest BCUT2D eigenvalue weighted by atomic mass is 10.0. The molecule has 0 aliphatic rings. The highest BCUT2D eigenvalue weighted by Crippen LogP contribution is 2.24. The first-order chi connectivity index (χ1) is 7.45. The SMILES string of the molecule is Cc1cc(C#N)c(CC(=O)O)c(C(F)F)n1. The van der Waals surface area contributed by atoms with Crippen LogP contribution in [-0.4, -0.2) is 16.1 Å². The van der Waals surface area contributed by atoms with E-state index in [1.54, 1.807) is 6.07 Å². The Kier molecular flexibility index (Phi) is 3.51. The smallest absolute Gasteiger partial charge is 0.307 e. The second-order valence-electron chi connectivity index (χ2n) is 3.16. The molecular weight excluding hydrogens is 218 g/mol. The van der Waals surface area contributed by atoms with E-state index in [-0.39, 0.29) is 16.8 Å². The van der Waals surface area contributed by atoms with Crippen LogP contribution >= 0.6 is 0 Å². The number of aromatic nitrogens is 1. The standard InChI is InChI=1S/C10H8F2N2O2/c1-5-2-6(4-13)7(3-8(15)16)9(14-5)10(11)12/h2,10H,3H2,1H3,(H,15,16). The number of nitrogens with zero attached hydrogens (tertiary/aromatic N) is 2. The van der Waals surface area contributed by atoms with Crippen LogP contribution in [0, 0.1) is 18.3 Å². The molecule has 1 N–H and O–H groups in total. The van der Waals surface area contributed by atoms with E-state index in [1.165, 1.54) is 13.0 Å². The van der Waals surface area contributed by atoms with Crippen LogP contribution in [0.2, 0.25) is 0 Å². The topological polar surface area (TPSA) is 74.0 Å². The second-order valence-corrected chi connectivity index (χ2v) is 3.16. The maximum atomic E-state index is 12.6. The maximum Gasteiger partial charge on any atom is 0.307 e. The molecule has 16 heavy (non-hydrogen) atoms. The minimum atomic E-state index is -2.89. The summed E-state index contributed by atoms with van der Waals surface area (Å²) in [5.41, 5.74) is -0.638. The summed E-state index contributed by atoms with van der Waals surface area (Å²) in [6.07, 6.45) is -3.52. The number of nitriles is 1. The molecule has 1 heterocycles. The molecule has 0 aromatic carbocycles. The van der Waals surface area contributed by atoms with E-state index in [0.29, 0.717) is 0 Å². The molecule has 0 atom stereocenters. The van der Waals surface area contributed by atoms with Crippen LogP contribution in [0.5, 0.6) is 0 Å². The Bertz CT molecular complexity index is 467. The number of carboxylic acid groups (broad SMARTS) is 1. The number of halogens is 2. The van der Waals surface area contributed by atoms with Crippen molar-refractivity contribution in [2.75, 3.05) is 0 Å². The zero-order chi connectivity index (χ0) is 12.3. The summed E-state index contributed by atoms with van der Waals surface area (Å²) in [6.45, 7) is 1.47. The van der Waals surface area contributed by atoms with E-state index in [0.717, 1.165) is 0 Å². The molecule has 0 saturated carbocycles. The van der Waals surface area contributed by atoms with Crippen molar-refractivity contribution in [2.24, 2.45) is 0 Å². The number of aliphatic carboxylic acids is 1. The molecule has 84 valence electrons. The molecule has 0 amide bonds. The molecule has 1 aromatic rings. The molecule has 0 bridgehead atoms. The van der Waals surface area contributed by atoms with Gasteiger partial charge in [-0.2, -0.15) is 5.26 Å². The van der Waals surface area contributed by atoms with Crippen LogP contribution in [0.15, 0.2) is 6.07 Å². The van der Waals surface area contributed by atoms with Crippen molar-refractivity contribution in [3.63, 3.8) is 0 Å². The van der Waals surface area contributed by atoms with Crippen LogP contribution in [-0.2, 0) is 11.2 Å². The van der Waals surface area contributed by atoms with E-state index in [1.807, 2.05) is 0 Å². The molecule has 4 nitrogen and oxygen atoms in total. The predicted molar refractivity (Wildman–Crippen MR) is 50.0 cm³/mol. The largest absolute Gasteiger partial charge is 0.481 e. The van der Waals surface area contributed by atoms with Crippen molar-refractivity contribution in [3.8, 4) is 6.07 Å². The number of pyridine rings is 1. The molecule has 1 aromatic heterocycles. The number of hydrogen-bond donors (Lipinski definition) is 1. The number of carbonyl (C=O) groups is 1. The monoisotopic (exact) mass is 226 g/mol. The average Bonchev–Trinajstić information content (AvgIpc) is 2.19. The van der Waals surface area contributed by atoms with Gasteiger partial charge in [0.1, 0.15) is 5.69 Å². The molecule has 6 heteroatoms. The van der Waals surface area contributed by atoms with Crippen LogP contribution in [0.1, 0.15) is 28.9 Å². The molecule has 0 aliphatic heterocycles. The fraction of sp³-hybridized carbons (Fsp3) is 0.300. The highest BCUT2D eigenvalue weighted by atomic mass is 19.3. The van der Waals surface area contributed by atoms with Gasteiger partial charge >= 0.3 is 5.97 Å². The number of hydrogen-bond acceptors (Lipinski definition) is 3. The van der Waals surface area contributed by atoms with Gasteiger partial charge in [0.2, 0.25) is 0 Å². The highest BCUT2D eigenvalue weighted by molar-refractivity contribution is 5.72. The number of rotatable bonds is 3. The van der Waals surface area contributed by atoms with Gasteiger partial charge in [0, 0.05) is 11.3 Å². The van der Waals surface area contributed by atoms with Gasteiger partial charge in [-0.15, -0.1) is 0 Å². The summed E-state index contributed by atoms with van der Waals surface area (Å²) in [5.74, 6) is -1.27. The summed E-state index contributed by atoms with van der Waals surface area (Å²) in [7, 11) is 0. The number of carboxylic acids is 1. The average molecular weight is 226 g/mol. The molecule has 0 aliphatic carbocycles. The van der Waals surface area contributed by atoms with E-state index >= 15 is 0 Å². The van der Waals surface area contributed by atoms with Gasteiger partial charge in [0.25, 0.3) is 6.43 Å². The lowest BCUT2D eigenvalue weighted by molar-refractivity contribution is -0.136. The minimum absolute atomic E-state index is 0.0646.